The Kier molecular flexibility index (Phi) is 3.82. The highest BCUT2D eigenvalue weighted by Gasteiger charge is 2.46. The summed E-state index contributed by atoms with van der Waals surface area (Å²) < 4.78 is 10.7. The molecular formula is C11H23NO3Si. The monoisotopic (exact) mass is 245 g/mol. The van der Waals surface area contributed by atoms with Crippen molar-refractivity contribution in [2.24, 2.45) is 0 Å². The molecule has 16 heavy (non-hydrogen) atoms. The molecule has 0 saturated carbocycles. The van der Waals surface area contributed by atoms with E-state index in [0.717, 1.165) is 0 Å². The summed E-state index contributed by atoms with van der Waals surface area (Å²) in [5.74, 6) is -0.191. The molecule has 5 heteroatoms. The Hall–Kier alpha value is -0.393. The third kappa shape index (κ3) is 3.05. The maximum Gasteiger partial charge on any atom is 0.324 e. The van der Waals surface area contributed by atoms with Crippen molar-refractivity contribution in [3.05, 3.63) is 0 Å². The molecular weight excluding hydrogens is 222 g/mol. The Morgan fingerprint density at radius 3 is 2.38 bits per heavy atom. The van der Waals surface area contributed by atoms with Crippen molar-refractivity contribution in [3.63, 3.8) is 0 Å². The van der Waals surface area contributed by atoms with E-state index in [1.807, 2.05) is 0 Å². The van der Waals surface area contributed by atoms with Gasteiger partial charge >= 0.3 is 5.97 Å². The first-order valence-electron chi connectivity index (χ1n) is 5.67. The quantitative estimate of drug-likeness (QED) is 0.463. The number of hydrogen-bond acceptors (Lipinski definition) is 4. The largest absolute Gasteiger partial charge is 0.468 e. The maximum absolute atomic E-state index is 11.2. The fraction of sp³-hybridized carbons (Fsp3) is 0.909. The second-order valence-electron chi connectivity index (χ2n) is 5.85. The van der Waals surface area contributed by atoms with E-state index in [4.69, 9.17) is 4.43 Å². The van der Waals surface area contributed by atoms with E-state index < -0.39 is 8.32 Å². The first-order valence-corrected chi connectivity index (χ1v) is 8.58. The summed E-state index contributed by atoms with van der Waals surface area (Å²) in [7, 11) is -0.284. The molecule has 1 heterocycles. The van der Waals surface area contributed by atoms with Crippen LogP contribution >= 0.6 is 0 Å². The highest BCUT2D eigenvalue weighted by atomic mass is 28.4. The van der Waals surface area contributed by atoms with Gasteiger partial charge in [0.25, 0.3) is 0 Å². The van der Waals surface area contributed by atoms with Gasteiger partial charge in [-0.25, -0.2) is 0 Å². The molecule has 0 aromatic heterocycles. The van der Waals surface area contributed by atoms with Crippen LogP contribution in [0.1, 0.15) is 20.8 Å². The number of carbonyl (C=O) groups excluding carboxylic acids is 1. The van der Waals surface area contributed by atoms with Crippen LogP contribution < -0.4 is 5.32 Å². The number of hydrogen-bond donors (Lipinski definition) is 1. The van der Waals surface area contributed by atoms with Crippen molar-refractivity contribution in [1.82, 2.24) is 5.32 Å². The SMILES string of the molecule is COC(=O)[C@H]1N[C@@H]1CO[Si](C)(C)C(C)(C)C. The maximum atomic E-state index is 11.2. The molecule has 4 nitrogen and oxygen atoms in total. The van der Waals surface area contributed by atoms with Gasteiger partial charge in [-0.1, -0.05) is 20.8 Å². The minimum Gasteiger partial charge on any atom is -0.468 e. The molecule has 0 amide bonds. The van der Waals surface area contributed by atoms with Crippen LogP contribution in [0.4, 0.5) is 0 Å². The van der Waals surface area contributed by atoms with Gasteiger partial charge < -0.3 is 9.16 Å². The topological polar surface area (TPSA) is 57.5 Å². The molecule has 0 radical (unpaired) electrons. The van der Waals surface area contributed by atoms with Crippen molar-refractivity contribution in [3.8, 4) is 0 Å². The zero-order chi connectivity index (χ0) is 12.6. The van der Waals surface area contributed by atoms with Crippen LogP contribution in [0.3, 0.4) is 0 Å². The van der Waals surface area contributed by atoms with Crippen LogP contribution in [-0.2, 0) is 14.0 Å². The Morgan fingerprint density at radius 1 is 1.38 bits per heavy atom. The lowest BCUT2D eigenvalue weighted by Gasteiger charge is -2.36. The van der Waals surface area contributed by atoms with Crippen molar-refractivity contribution in [1.29, 1.82) is 0 Å². The minimum absolute atomic E-state index is 0.140. The third-order valence-electron chi connectivity index (χ3n) is 3.57. The summed E-state index contributed by atoms with van der Waals surface area (Å²) in [5.41, 5.74) is 0. The second kappa shape index (κ2) is 4.47. The average molecular weight is 245 g/mol. The van der Waals surface area contributed by atoms with E-state index in [2.05, 4.69) is 43.9 Å². The van der Waals surface area contributed by atoms with E-state index in [9.17, 15) is 4.79 Å². The molecule has 1 fully saturated rings. The zero-order valence-corrected chi connectivity index (χ0v) is 12.1. The van der Waals surface area contributed by atoms with Crippen LogP contribution in [0.2, 0.25) is 18.1 Å². The summed E-state index contributed by atoms with van der Waals surface area (Å²) >= 11 is 0. The van der Waals surface area contributed by atoms with Gasteiger partial charge in [-0.3, -0.25) is 10.1 Å². The molecule has 1 N–H and O–H groups in total. The fourth-order valence-electron chi connectivity index (χ4n) is 1.19. The number of nitrogens with one attached hydrogen (secondary N) is 1. The molecule has 94 valence electrons. The number of rotatable bonds is 4. The highest BCUT2D eigenvalue weighted by Crippen LogP contribution is 2.36. The molecule has 0 bridgehead atoms. The molecule has 1 saturated heterocycles. The van der Waals surface area contributed by atoms with Crippen molar-refractivity contribution in [2.45, 2.75) is 51.0 Å². The van der Waals surface area contributed by atoms with E-state index in [1.54, 1.807) is 0 Å². The van der Waals surface area contributed by atoms with E-state index in [0.29, 0.717) is 6.61 Å². The molecule has 1 aliphatic rings. The van der Waals surface area contributed by atoms with Crippen molar-refractivity contribution >= 4 is 14.3 Å². The predicted molar refractivity (Wildman–Crippen MR) is 65.9 cm³/mol. The summed E-state index contributed by atoms with van der Waals surface area (Å²) in [5, 5.41) is 3.28. The molecule has 0 aromatic rings. The summed E-state index contributed by atoms with van der Waals surface area (Å²) in [6.07, 6.45) is 0. The third-order valence-corrected chi connectivity index (χ3v) is 8.07. The van der Waals surface area contributed by atoms with Gasteiger partial charge in [0.2, 0.25) is 0 Å². The van der Waals surface area contributed by atoms with Crippen LogP contribution in [0, 0.1) is 0 Å². The van der Waals surface area contributed by atoms with Gasteiger partial charge in [0, 0.05) is 0 Å². The fourth-order valence-corrected chi connectivity index (χ4v) is 2.22. The van der Waals surface area contributed by atoms with Gasteiger partial charge in [-0.2, -0.15) is 0 Å². The lowest BCUT2D eigenvalue weighted by Crippen LogP contribution is -2.42. The minimum atomic E-state index is -1.69. The number of esters is 1. The standard InChI is InChI=1S/C11H23NO3Si/c1-11(2,3)16(5,6)15-7-8-9(12-8)10(13)14-4/h8-9,12H,7H2,1-6H3/t8-,9+/m1/s1. The van der Waals surface area contributed by atoms with E-state index >= 15 is 0 Å². The summed E-state index contributed by atoms with van der Waals surface area (Å²) in [6, 6.07) is -0.0173. The van der Waals surface area contributed by atoms with E-state index in [1.165, 1.54) is 7.11 Å². The van der Waals surface area contributed by atoms with Gasteiger partial charge in [0.05, 0.1) is 19.8 Å². The first kappa shape index (κ1) is 13.7. The average Bonchev–Trinajstić information content (AvgIpc) is 2.91. The molecule has 1 rings (SSSR count). The molecule has 2 atom stereocenters. The lowest BCUT2D eigenvalue weighted by atomic mass is 10.2. The van der Waals surface area contributed by atoms with Crippen LogP contribution in [0.25, 0.3) is 0 Å². The predicted octanol–water partition coefficient (Wildman–Crippen LogP) is 1.52. The molecule has 1 aliphatic heterocycles. The van der Waals surface area contributed by atoms with Gasteiger partial charge in [-0.15, -0.1) is 0 Å². The van der Waals surface area contributed by atoms with Gasteiger partial charge in [0.15, 0.2) is 8.32 Å². The first-order chi connectivity index (χ1) is 7.19. The van der Waals surface area contributed by atoms with Gasteiger partial charge in [0.1, 0.15) is 6.04 Å². The molecule has 0 aromatic carbocycles. The summed E-state index contributed by atoms with van der Waals surface area (Å²) in [6.45, 7) is 11.6. The Bertz CT molecular complexity index is 273. The molecule has 0 unspecified atom stereocenters. The number of carbonyl (C=O) groups is 1. The molecule has 0 spiro atoms. The lowest BCUT2D eigenvalue weighted by molar-refractivity contribution is -0.140. The zero-order valence-electron chi connectivity index (χ0n) is 11.1. The van der Waals surface area contributed by atoms with Crippen LogP contribution in [-0.4, -0.2) is 40.1 Å². The Labute approximate surface area is 98.8 Å². The summed E-state index contributed by atoms with van der Waals surface area (Å²) in [4.78, 5) is 11.2. The van der Waals surface area contributed by atoms with Crippen molar-refractivity contribution in [2.75, 3.05) is 13.7 Å². The smallest absolute Gasteiger partial charge is 0.324 e. The second-order valence-corrected chi connectivity index (χ2v) is 10.7. The van der Waals surface area contributed by atoms with Crippen LogP contribution in [0.15, 0.2) is 0 Å². The highest BCUT2D eigenvalue weighted by molar-refractivity contribution is 6.74. The normalized spacial score (nSPS) is 25.4. The van der Waals surface area contributed by atoms with Crippen molar-refractivity contribution < 1.29 is 14.0 Å². The Morgan fingerprint density at radius 2 is 1.94 bits per heavy atom. The van der Waals surface area contributed by atoms with E-state index in [-0.39, 0.29) is 23.1 Å². The number of ether oxygens (including phenoxy) is 1. The number of methoxy groups -OCH3 is 1. The molecule has 0 aliphatic carbocycles. The van der Waals surface area contributed by atoms with Gasteiger partial charge in [-0.05, 0) is 18.1 Å². The van der Waals surface area contributed by atoms with Crippen LogP contribution in [0.5, 0.6) is 0 Å². The Balaban J connectivity index is 2.35.